The number of rotatable bonds is 8. The number of carbonyl (C=O) groups excluding carboxylic acids is 1. The van der Waals surface area contributed by atoms with E-state index >= 15 is 0 Å². The fraction of sp³-hybridized carbons (Fsp3) is 0.917. The third-order valence-corrected chi connectivity index (χ3v) is 2.99. The highest BCUT2D eigenvalue weighted by molar-refractivity contribution is 5.76. The topological polar surface area (TPSA) is 49.8 Å². The van der Waals surface area contributed by atoms with Gasteiger partial charge in [0.15, 0.2) is 0 Å². The second-order valence-corrected chi connectivity index (χ2v) is 4.26. The van der Waals surface area contributed by atoms with Crippen molar-refractivity contribution in [1.29, 1.82) is 0 Å². The number of nitrogens with zero attached hydrogens (tertiary/aromatic N) is 1. The van der Waals surface area contributed by atoms with Crippen molar-refractivity contribution in [2.45, 2.75) is 45.1 Å². The number of aliphatic hydroxyl groups excluding tert-OH is 1. The summed E-state index contributed by atoms with van der Waals surface area (Å²) in [5, 5.41) is 8.94. The minimum Gasteiger partial charge on any atom is -0.395 e. The molecular weight excluding hydrogens is 206 g/mol. The third-order valence-electron chi connectivity index (χ3n) is 2.99. The van der Waals surface area contributed by atoms with E-state index in [4.69, 9.17) is 9.84 Å². The van der Waals surface area contributed by atoms with Gasteiger partial charge >= 0.3 is 0 Å². The van der Waals surface area contributed by atoms with Crippen LogP contribution < -0.4 is 0 Å². The molecule has 0 spiro atoms. The zero-order chi connectivity index (χ0) is 11.8. The van der Waals surface area contributed by atoms with Gasteiger partial charge in [0.25, 0.3) is 0 Å². The maximum Gasteiger partial charge on any atom is 0.225 e. The first-order chi connectivity index (χ1) is 7.79. The van der Waals surface area contributed by atoms with Gasteiger partial charge in [0.05, 0.1) is 19.6 Å². The first-order valence-electron chi connectivity index (χ1n) is 6.27. The Morgan fingerprint density at radius 2 is 2.19 bits per heavy atom. The number of ether oxygens (including phenoxy) is 1. The molecule has 94 valence electrons. The predicted octanol–water partition coefficient (Wildman–Crippen LogP) is 1.18. The summed E-state index contributed by atoms with van der Waals surface area (Å²) in [5.74, 6) is 0.120. The summed E-state index contributed by atoms with van der Waals surface area (Å²) < 4.78 is 5.30. The van der Waals surface area contributed by atoms with Crippen LogP contribution in [0.2, 0.25) is 0 Å². The average Bonchev–Trinajstić information content (AvgIpc) is 2.21. The second-order valence-electron chi connectivity index (χ2n) is 4.26. The Balaban J connectivity index is 2.23. The van der Waals surface area contributed by atoms with Gasteiger partial charge in [-0.15, -0.1) is 0 Å². The first kappa shape index (κ1) is 13.5. The van der Waals surface area contributed by atoms with Crippen LogP contribution in [-0.2, 0) is 9.53 Å². The summed E-state index contributed by atoms with van der Waals surface area (Å²) in [6.45, 7) is 3.79. The maximum absolute atomic E-state index is 11.9. The molecule has 0 heterocycles. The van der Waals surface area contributed by atoms with Crippen LogP contribution in [0.15, 0.2) is 0 Å². The number of amides is 1. The molecule has 0 radical (unpaired) electrons. The molecule has 0 aromatic heterocycles. The quantitative estimate of drug-likeness (QED) is 0.636. The van der Waals surface area contributed by atoms with Crippen LogP contribution in [0.4, 0.5) is 0 Å². The highest BCUT2D eigenvalue weighted by Crippen LogP contribution is 2.24. The molecule has 1 aliphatic carbocycles. The Bertz CT molecular complexity index is 204. The van der Waals surface area contributed by atoms with Crippen molar-refractivity contribution in [2.24, 2.45) is 0 Å². The summed E-state index contributed by atoms with van der Waals surface area (Å²) >= 11 is 0. The molecule has 0 atom stereocenters. The van der Waals surface area contributed by atoms with Gasteiger partial charge in [-0.2, -0.15) is 0 Å². The molecule has 0 aromatic carbocycles. The Morgan fingerprint density at radius 1 is 1.44 bits per heavy atom. The predicted molar refractivity (Wildman–Crippen MR) is 62.2 cm³/mol. The Morgan fingerprint density at radius 3 is 2.69 bits per heavy atom. The zero-order valence-electron chi connectivity index (χ0n) is 10.2. The van der Waals surface area contributed by atoms with Crippen LogP contribution in [-0.4, -0.2) is 48.3 Å². The van der Waals surface area contributed by atoms with E-state index < -0.39 is 0 Å². The minimum absolute atomic E-state index is 0.0536. The van der Waals surface area contributed by atoms with E-state index in [9.17, 15) is 4.79 Å². The van der Waals surface area contributed by atoms with Crippen molar-refractivity contribution in [3.05, 3.63) is 0 Å². The standard InChI is InChI=1S/C12H23NO3/c1-2-9-16-10-6-12(15)13(7-8-14)11-4-3-5-11/h11,14H,2-10H2,1H3. The molecule has 0 unspecified atom stereocenters. The van der Waals surface area contributed by atoms with Crippen LogP contribution >= 0.6 is 0 Å². The van der Waals surface area contributed by atoms with Crippen molar-refractivity contribution in [3.8, 4) is 0 Å². The van der Waals surface area contributed by atoms with Gasteiger partial charge in [0.1, 0.15) is 0 Å². The molecule has 1 aliphatic rings. The Labute approximate surface area is 97.6 Å². The second kappa shape index (κ2) is 7.63. The van der Waals surface area contributed by atoms with E-state index in [2.05, 4.69) is 0 Å². The van der Waals surface area contributed by atoms with Gasteiger partial charge in [-0.25, -0.2) is 0 Å². The van der Waals surface area contributed by atoms with Crippen molar-refractivity contribution in [3.63, 3.8) is 0 Å². The van der Waals surface area contributed by atoms with Crippen LogP contribution in [0.5, 0.6) is 0 Å². The lowest BCUT2D eigenvalue weighted by molar-refractivity contribution is -0.137. The number of hydrogen-bond donors (Lipinski definition) is 1. The van der Waals surface area contributed by atoms with E-state index in [1.807, 2.05) is 11.8 Å². The van der Waals surface area contributed by atoms with Crippen LogP contribution in [0, 0.1) is 0 Å². The largest absolute Gasteiger partial charge is 0.395 e. The first-order valence-corrected chi connectivity index (χ1v) is 6.27. The molecule has 4 nitrogen and oxygen atoms in total. The summed E-state index contributed by atoms with van der Waals surface area (Å²) in [5.41, 5.74) is 0. The van der Waals surface area contributed by atoms with Crippen LogP contribution in [0.3, 0.4) is 0 Å². The molecule has 4 heteroatoms. The zero-order valence-corrected chi connectivity index (χ0v) is 10.2. The molecule has 0 bridgehead atoms. The molecule has 1 fully saturated rings. The molecule has 0 saturated heterocycles. The van der Waals surface area contributed by atoms with Gasteiger partial charge in [-0.1, -0.05) is 6.92 Å². The van der Waals surface area contributed by atoms with Crippen LogP contribution in [0.1, 0.15) is 39.0 Å². The Hall–Kier alpha value is -0.610. The molecule has 1 amide bonds. The van der Waals surface area contributed by atoms with Crippen molar-refractivity contribution in [2.75, 3.05) is 26.4 Å². The molecular formula is C12H23NO3. The van der Waals surface area contributed by atoms with E-state index in [-0.39, 0.29) is 12.5 Å². The summed E-state index contributed by atoms with van der Waals surface area (Å²) in [7, 11) is 0. The van der Waals surface area contributed by atoms with Gasteiger partial charge in [0, 0.05) is 19.2 Å². The highest BCUT2D eigenvalue weighted by Gasteiger charge is 2.27. The van der Waals surface area contributed by atoms with Crippen molar-refractivity contribution < 1.29 is 14.6 Å². The lowest BCUT2D eigenvalue weighted by Crippen LogP contribution is -2.45. The minimum atomic E-state index is 0.0536. The summed E-state index contributed by atoms with van der Waals surface area (Å²) in [6.07, 6.45) is 4.79. The van der Waals surface area contributed by atoms with E-state index in [0.29, 0.717) is 25.6 Å². The molecule has 0 aliphatic heterocycles. The number of aliphatic hydroxyl groups is 1. The molecule has 1 rings (SSSR count). The maximum atomic E-state index is 11.9. The van der Waals surface area contributed by atoms with Gasteiger partial charge in [-0.05, 0) is 25.7 Å². The third kappa shape index (κ3) is 4.10. The van der Waals surface area contributed by atoms with E-state index in [0.717, 1.165) is 25.9 Å². The average molecular weight is 229 g/mol. The van der Waals surface area contributed by atoms with E-state index in [1.54, 1.807) is 0 Å². The number of hydrogen-bond acceptors (Lipinski definition) is 3. The SMILES string of the molecule is CCCOCCC(=O)N(CCO)C1CCC1. The smallest absolute Gasteiger partial charge is 0.225 e. The van der Waals surface area contributed by atoms with Crippen LogP contribution in [0.25, 0.3) is 0 Å². The van der Waals surface area contributed by atoms with Gasteiger partial charge < -0.3 is 14.7 Å². The fourth-order valence-corrected chi connectivity index (χ4v) is 1.87. The molecule has 0 aromatic rings. The van der Waals surface area contributed by atoms with Gasteiger partial charge in [-0.3, -0.25) is 4.79 Å². The normalized spacial score (nSPS) is 15.9. The molecule has 1 N–H and O–H groups in total. The highest BCUT2D eigenvalue weighted by atomic mass is 16.5. The number of carbonyl (C=O) groups is 1. The monoisotopic (exact) mass is 229 g/mol. The van der Waals surface area contributed by atoms with Crippen molar-refractivity contribution in [1.82, 2.24) is 4.90 Å². The fourth-order valence-electron chi connectivity index (χ4n) is 1.87. The van der Waals surface area contributed by atoms with Crippen molar-refractivity contribution >= 4 is 5.91 Å². The van der Waals surface area contributed by atoms with Gasteiger partial charge in [0.2, 0.25) is 5.91 Å². The summed E-state index contributed by atoms with van der Waals surface area (Å²) in [6, 6.07) is 0.367. The lowest BCUT2D eigenvalue weighted by Gasteiger charge is -2.37. The molecule has 16 heavy (non-hydrogen) atoms. The Kier molecular flexibility index (Phi) is 6.42. The lowest BCUT2D eigenvalue weighted by atomic mass is 9.91. The molecule has 1 saturated carbocycles. The van der Waals surface area contributed by atoms with E-state index in [1.165, 1.54) is 6.42 Å². The summed E-state index contributed by atoms with van der Waals surface area (Å²) in [4.78, 5) is 13.7.